The van der Waals surface area contributed by atoms with E-state index in [1.165, 1.54) is 10.5 Å². The van der Waals surface area contributed by atoms with Gasteiger partial charge in [-0.2, -0.15) is 5.10 Å². The van der Waals surface area contributed by atoms with Gasteiger partial charge in [0.2, 0.25) is 0 Å². The smallest absolute Gasteiger partial charge is 0.0681 e. The van der Waals surface area contributed by atoms with E-state index in [2.05, 4.69) is 42.4 Å². The van der Waals surface area contributed by atoms with Crippen LogP contribution in [-0.2, 0) is 13.5 Å². The number of rotatable bonds is 5. The molecule has 0 saturated heterocycles. The summed E-state index contributed by atoms with van der Waals surface area (Å²) in [4.78, 5) is 1.31. The molecule has 1 aromatic carbocycles. The van der Waals surface area contributed by atoms with Gasteiger partial charge in [-0.3, -0.25) is 4.68 Å². The van der Waals surface area contributed by atoms with Gasteiger partial charge in [-0.25, -0.2) is 0 Å². The molecule has 2 N–H and O–H groups in total. The first kappa shape index (κ1) is 13.2. The van der Waals surface area contributed by atoms with Gasteiger partial charge in [-0.1, -0.05) is 19.1 Å². The lowest BCUT2D eigenvalue weighted by atomic mass is 10.1. The van der Waals surface area contributed by atoms with Gasteiger partial charge in [0.25, 0.3) is 0 Å². The molecular formula is C14H19N3S. The fourth-order valence-corrected chi connectivity index (χ4v) is 2.62. The number of aryl methyl sites for hydroxylation is 1. The monoisotopic (exact) mass is 261 g/mol. The van der Waals surface area contributed by atoms with Crippen LogP contribution in [-0.4, -0.2) is 22.1 Å². The fourth-order valence-electron chi connectivity index (χ4n) is 1.96. The molecule has 0 saturated carbocycles. The van der Waals surface area contributed by atoms with Gasteiger partial charge in [-0.05, 0) is 36.1 Å². The van der Waals surface area contributed by atoms with Crippen LogP contribution in [0.4, 0.5) is 0 Å². The Kier molecular flexibility index (Phi) is 4.44. The molecule has 2 aromatic rings. The molecule has 3 nitrogen and oxygen atoms in total. The zero-order valence-corrected chi connectivity index (χ0v) is 11.7. The first-order chi connectivity index (χ1) is 8.74. The van der Waals surface area contributed by atoms with Crippen molar-refractivity contribution in [2.24, 2.45) is 12.8 Å². The molecule has 1 aromatic heterocycles. The van der Waals surface area contributed by atoms with E-state index < -0.39 is 0 Å². The van der Waals surface area contributed by atoms with E-state index in [9.17, 15) is 0 Å². The predicted molar refractivity (Wildman–Crippen MR) is 77.8 cm³/mol. The molecule has 96 valence electrons. The first-order valence-corrected chi connectivity index (χ1v) is 7.19. The number of nitrogens with zero attached hydrogens (tertiary/aromatic N) is 2. The molecule has 0 unspecified atom stereocenters. The van der Waals surface area contributed by atoms with E-state index in [1.54, 1.807) is 0 Å². The van der Waals surface area contributed by atoms with E-state index in [-0.39, 0.29) is 0 Å². The van der Waals surface area contributed by atoms with Gasteiger partial charge < -0.3 is 5.73 Å². The van der Waals surface area contributed by atoms with E-state index in [1.807, 2.05) is 23.5 Å². The molecule has 2 rings (SSSR count). The van der Waals surface area contributed by atoms with Gasteiger partial charge in [0.1, 0.15) is 0 Å². The third-order valence-electron chi connectivity index (χ3n) is 2.79. The van der Waals surface area contributed by atoms with E-state index >= 15 is 0 Å². The van der Waals surface area contributed by atoms with Crippen molar-refractivity contribution < 1.29 is 0 Å². The lowest BCUT2D eigenvalue weighted by Gasteiger charge is -2.03. The van der Waals surface area contributed by atoms with Crippen molar-refractivity contribution in [1.29, 1.82) is 0 Å². The van der Waals surface area contributed by atoms with Crippen LogP contribution >= 0.6 is 11.8 Å². The largest absolute Gasteiger partial charge is 0.330 e. The summed E-state index contributed by atoms with van der Waals surface area (Å²) < 4.78 is 1.92. The highest BCUT2D eigenvalue weighted by atomic mass is 32.2. The van der Waals surface area contributed by atoms with Crippen molar-refractivity contribution in [3.05, 3.63) is 36.0 Å². The van der Waals surface area contributed by atoms with Crippen molar-refractivity contribution in [3.8, 4) is 11.3 Å². The summed E-state index contributed by atoms with van der Waals surface area (Å²) in [6.07, 6.45) is 0.831. The molecule has 4 heteroatoms. The molecule has 0 spiro atoms. The Labute approximate surface area is 112 Å². The number of aromatic nitrogens is 2. The maximum absolute atomic E-state index is 5.56. The van der Waals surface area contributed by atoms with Gasteiger partial charge in [0, 0.05) is 18.4 Å². The lowest BCUT2D eigenvalue weighted by molar-refractivity contribution is 0.745. The van der Waals surface area contributed by atoms with Crippen LogP contribution in [0.15, 0.2) is 35.2 Å². The van der Waals surface area contributed by atoms with Crippen LogP contribution in [0.5, 0.6) is 0 Å². The molecule has 18 heavy (non-hydrogen) atoms. The Bertz CT molecular complexity index is 502. The van der Waals surface area contributed by atoms with Crippen molar-refractivity contribution in [1.82, 2.24) is 9.78 Å². The highest BCUT2D eigenvalue weighted by Crippen LogP contribution is 2.24. The zero-order chi connectivity index (χ0) is 13.0. The topological polar surface area (TPSA) is 43.8 Å². The minimum atomic E-state index is 0.641. The van der Waals surface area contributed by atoms with Crippen LogP contribution in [0.25, 0.3) is 11.3 Å². The molecule has 0 bridgehead atoms. The summed E-state index contributed by atoms with van der Waals surface area (Å²) in [5.74, 6) is 1.10. The summed E-state index contributed by atoms with van der Waals surface area (Å²) >= 11 is 1.86. The molecule has 0 fully saturated rings. The molecule has 0 aliphatic heterocycles. The quantitative estimate of drug-likeness (QED) is 0.842. The summed E-state index contributed by atoms with van der Waals surface area (Å²) in [6, 6.07) is 10.8. The van der Waals surface area contributed by atoms with E-state index in [0.717, 1.165) is 23.6 Å². The predicted octanol–water partition coefficient (Wildman–Crippen LogP) is 2.70. The number of benzene rings is 1. The van der Waals surface area contributed by atoms with Crippen LogP contribution in [0.1, 0.15) is 12.6 Å². The molecule has 0 radical (unpaired) electrons. The van der Waals surface area contributed by atoms with Gasteiger partial charge in [0.05, 0.1) is 11.4 Å². The average Bonchev–Trinajstić information content (AvgIpc) is 2.72. The first-order valence-electron chi connectivity index (χ1n) is 6.20. The van der Waals surface area contributed by atoms with Crippen molar-refractivity contribution >= 4 is 11.8 Å². The Balaban J connectivity index is 2.24. The van der Waals surface area contributed by atoms with Crippen molar-refractivity contribution in [2.75, 3.05) is 12.3 Å². The zero-order valence-electron chi connectivity index (χ0n) is 10.9. The van der Waals surface area contributed by atoms with Crippen LogP contribution in [0.3, 0.4) is 0 Å². The second kappa shape index (κ2) is 6.07. The number of hydrogen-bond donors (Lipinski definition) is 1. The normalized spacial score (nSPS) is 10.8. The SMILES string of the molecule is CCSc1ccc(-c2cc(CCN)nn2C)cc1. The van der Waals surface area contributed by atoms with Crippen molar-refractivity contribution in [2.45, 2.75) is 18.2 Å². The lowest BCUT2D eigenvalue weighted by Crippen LogP contribution is -2.03. The molecule has 0 atom stereocenters. The summed E-state index contributed by atoms with van der Waals surface area (Å²) in [7, 11) is 1.98. The standard InChI is InChI=1S/C14H19N3S/c1-3-18-13-6-4-11(5-7-13)14-10-12(8-9-15)16-17(14)2/h4-7,10H,3,8-9,15H2,1-2H3. The Morgan fingerprint density at radius 1 is 1.28 bits per heavy atom. The summed E-state index contributed by atoms with van der Waals surface area (Å²) in [6.45, 7) is 2.81. The Morgan fingerprint density at radius 3 is 2.61 bits per heavy atom. The van der Waals surface area contributed by atoms with E-state index in [4.69, 9.17) is 5.73 Å². The number of nitrogens with two attached hydrogens (primary N) is 1. The second-order valence-corrected chi connectivity index (χ2v) is 5.48. The van der Waals surface area contributed by atoms with Gasteiger partial charge in [-0.15, -0.1) is 11.8 Å². The molecule has 0 aliphatic rings. The summed E-state index contributed by atoms with van der Waals surface area (Å²) in [5, 5.41) is 4.47. The number of hydrogen-bond acceptors (Lipinski definition) is 3. The average molecular weight is 261 g/mol. The third-order valence-corrected chi connectivity index (χ3v) is 3.69. The maximum atomic E-state index is 5.56. The van der Waals surface area contributed by atoms with Gasteiger partial charge >= 0.3 is 0 Å². The molecular weight excluding hydrogens is 242 g/mol. The minimum absolute atomic E-state index is 0.641. The highest BCUT2D eigenvalue weighted by Gasteiger charge is 2.06. The van der Waals surface area contributed by atoms with Crippen LogP contribution in [0, 0.1) is 0 Å². The number of thioether (sulfide) groups is 1. The molecule has 0 aliphatic carbocycles. The minimum Gasteiger partial charge on any atom is -0.330 e. The maximum Gasteiger partial charge on any atom is 0.0681 e. The second-order valence-electron chi connectivity index (χ2n) is 4.14. The Morgan fingerprint density at radius 2 is 2.00 bits per heavy atom. The van der Waals surface area contributed by atoms with Crippen LogP contribution in [0.2, 0.25) is 0 Å². The van der Waals surface area contributed by atoms with Crippen LogP contribution < -0.4 is 5.73 Å². The molecule has 1 heterocycles. The third kappa shape index (κ3) is 2.94. The summed E-state index contributed by atoms with van der Waals surface area (Å²) in [5.41, 5.74) is 8.96. The van der Waals surface area contributed by atoms with E-state index in [0.29, 0.717) is 6.54 Å². The highest BCUT2D eigenvalue weighted by molar-refractivity contribution is 7.99. The fraction of sp³-hybridized carbons (Fsp3) is 0.357. The Hall–Kier alpha value is -1.26. The van der Waals surface area contributed by atoms with Gasteiger partial charge in [0.15, 0.2) is 0 Å². The molecule has 0 amide bonds. The van der Waals surface area contributed by atoms with Crippen molar-refractivity contribution in [3.63, 3.8) is 0 Å².